The molecule has 0 radical (unpaired) electrons. The van der Waals surface area contributed by atoms with Crippen molar-refractivity contribution in [1.82, 2.24) is 20.9 Å². The lowest BCUT2D eigenvalue weighted by molar-refractivity contribution is -0.140. The first-order valence-electron chi connectivity index (χ1n) is 7.71. The number of nitrogens with one attached hydrogen (secondary N) is 3. The summed E-state index contributed by atoms with van der Waals surface area (Å²) < 4.78 is 37.5. The zero-order valence-electron chi connectivity index (χ0n) is 13.2. The van der Waals surface area contributed by atoms with Gasteiger partial charge in [-0.2, -0.15) is 13.2 Å². The fraction of sp³-hybridized carbons (Fsp3) is 0.643. The number of aliphatic imine (C=N–C) groups is 1. The summed E-state index contributed by atoms with van der Waals surface area (Å²) in [6, 6.07) is 0.288. The molecule has 3 N–H and O–H groups in total. The van der Waals surface area contributed by atoms with Crippen LogP contribution in [-0.4, -0.2) is 42.5 Å². The number of amides is 1. The van der Waals surface area contributed by atoms with Crippen molar-refractivity contribution in [2.75, 3.05) is 19.6 Å². The van der Waals surface area contributed by atoms with Crippen molar-refractivity contribution in [3.63, 3.8) is 0 Å². The highest BCUT2D eigenvalue weighted by Crippen LogP contribution is 2.29. The molecule has 1 aromatic rings. The Morgan fingerprint density at radius 2 is 2.17 bits per heavy atom. The normalized spacial score (nSPS) is 15.2. The molecule has 10 heteroatoms. The Morgan fingerprint density at radius 1 is 1.42 bits per heavy atom. The second-order valence-corrected chi connectivity index (χ2v) is 6.28. The monoisotopic (exact) mass is 363 g/mol. The molecule has 0 aromatic carbocycles. The number of rotatable bonds is 7. The molecule has 0 aliphatic heterocycles. The van der Waals surface area contributed by atoms with Gasteiger partial charge in [0.15, 0.2) is 11.7 Å². The van der Waals surface area contributed by atoms with E-state index in [4.69, 9.17) is 0 Å². The highest BCUT2D eigenvalue weighted by molar-refractivity contribution is 7.09. The van der Waals surface area contributed by atoms with Gasteiger partial charge in [0, 0.05) is 30.9 Å². The summed E-state index contributed by atoms with van der Waals surface area (Å²) in [5, 5.41) is 10.2. The van der Waals surface area contributed by atoms with E-state index < -0.39 is 11.9 Å². The average Bonchev–Trinajstić information content (AvgIpc) is 3.17. The Morgan fingerprint density at radius 3 is 2.75 bits per heavy atom. The number of guanidine groups is 1. The van der Waals surface area contributed by atoms with Crippen LogP contribution in [0, 0.1) is 0 Å². The average molecular weight is 363 g/mol. The van der Waals surface area contributed by atoms with E-state index in [0.717, 1.165) is 29.6 Å². The minimum absolute atomic E-state index is 0.0152. The Labute approximate surface area is 142 Å². The van der Waals surface area contributed by atoms with Gasteiger partial charge in [-0.1, -0.05) is 0 Å². The third-order valence-electron chi connectivity index (χ3n) is 3.14. The highest BCUT2D eigenvalue weighted by Gasteiger charge is 2.33. The molecule has 1 amide bonds. The minimum atomic E-state index is -4.41. The van der Waals surface area contributed by atoms with Crippen molar-refractivity contribution < 1.29 is 18.0 Å². The molecule has 2 rings (SSSR count). The standard InChI is InChI=1S/C14H20F3N5OS/c1-2-18-13(20-7-11(23)21-9-3-4-9)19-6-5-12-22-10(8-24-12)14(15,16)17/h8-9H,2-7H2,1H3,(H,21,23)(H2,18,19,20). The predicted octanol–water partition coefficient (Wildman–Crippen LogP) is 1.54. The van der Waals surface area contributed by atoms with Crippen LogP contribution in [0.1, 0.15) is 30.5 Å². The maximum Gasteiger partial charge on any atom is 0.434 e. The van der Waals surface area contributed by atoms with Crippen molar-refractivity contribution >= 4 is 23.2 Å². The quantitative estimate of drug-likeness (QED) is 0.507. The van der Waals surface area contributed by atoms with E-state index in [1.165, 1.54) is 0 Å². The summed E-state index contributed by atoms with van der Waals surface area (Å²) in [5.41, 5.74) is -0.861. The lowest BCUT2D eigenvalue weighted by Gasteiger charge is -2.10. The Hall–Kier alpha value is -1.84. The second kappa shape index (κ2) is 8.32. The number of halogens is 3. The van der Waals surface area contributed by atoms with E-state index in [9.17, 15) is 18.0 Å². The minimum Gasteiger partial charge on any atom is -0.357 e. The van der Waals surface area contributed by atoms with Crippen LogP contribution in [0.5, 0.6) is 0 Å². The van der Waals surface area contributed by atoms with Gasteiger partial charge in [-0.25, -0.2) is 9.98 Å². The first-order chi connectivity index (χ1) is 11.4. The molecule has 0 atom stereocenters. The van der Waals surface area contributed by atoms with Crippen LogP contribution in [0.2, 0.25) is 0 Å². The third kappa shape index (κ3) is 6.34. The van der Waals surface area contributed by atoms with Gasteiger partial charge in [0.2, 0.25) is 5.91 Å². The molecule has 0 bridgehead atoms. The van der Waals surface area contributed by atoms with Gasteiger partial charge >= 0.3 is 6.18 Å². The van der Waals surface area contributed by atoms with Crippen LogP contribution < -0.4 is 16.0 Å². The smallest absolute Gasteiger partial charge is 0.357 e. The molecule has 0 spiro atoms. The van der Waals surface area contributed by atoms with E-state index in [0.29, 0.717) is 30.5 Å². The SMILES string of the molecule is CCNC(=NCC(=O)NC1CC1)NCCc1nc(C(F)(F)F)cs1. The third-order valence-corrected chi connectivity index (χ3v) is 4.05. The number of carbonyl (C=O) groups is 1. The van der Waals surface area contributed by atoms with Crippen LogP contribution in [0.4, 0.5) is 13.2 Å². The molecule has 1 aromatic heterocycles. The van der Waals surface area contributed by atoms with Gasteiger partial charge in [-0.15, -0.1) is 11.3 Å². The van der Waals surface area contributed by atoms with Crippen molar-refractivity contribution in [2.45, 2.75) is 38.4 Å². The fourth-order valence-corrected chi connectivity index (χ4v) is 2.64. The van der Waals surface area contributed by atoms with Crippen molar-refractivity contribution in [1.29, 1.82) is 0 Å². The molecule has 134 valence electrons. The number of thiazole rings is 1. The summed E-state index contributed by atoms with van der Waals surface area (Å²) in [5.74, 6) is 0.320. The lowest BCUT2D eigenvalue weighted by Crippen LogP contribution is -2.39. The van der Waals surface area contributed by atoms with Gasteiger partial charge in [0.05, 0.1) is 5.01 Å². The van der Waals surface area contributed by atoms with Gasteiger partial charge in [-0.05, 0) is 19.8 Å². The second-order valence-electron chi connectivity index (χ2n) is 5.34. The van der Waals surface area contributed by atoms with Crippen LogP contribution in [0.15, 0.2) is 10.4 Å². The van der Waals surface area contributed by atoms with Gasteiger partial charge in [0.25, 0.3) is 0 Å². The maximum atomic E-state index is 12.5. The zero-order valence-corrected chi connectivity index (χ0v) is 14.1. The molecule has 1 aliphatic carbocycles. The Bertz CT molecular complexity index is 583. The molecule has 1 fully saturated rings. The largest absolute Gasteiger partial charge is 0.434 e. The summed E-state index contributed by atoms with van der Waals surface area (Å²) in [6.07, 6.45) is -2.03. The number of hydrogen-bond donors (Lipinski definition) is 3. The van der Waals surface area contributed by atoms with Crippen LogP contribution >= 0.6 is 11.3 Å². The van der Waals surface area contributed by atoms with Crippen LogP contribution in [0.3, 0.4) is 0 Å². The summed E-state index contributed by atoms with van der Waals surface area (Å²) in [4.78, 5) is 19.3. The van der Waals surface area contributed by atoms with E-state index in [-0.39, 0.29) is 18.5 Å². The van der Waals surface area contributed by atoms with E-state index in [2.05, 4.69) is 25.9 Å². The Balaban J connectivity index is 1.77. The number of carbonyl (C=O) groups excluding carboxylic acids is 1. The van der Waals surface area contributed by atoms with Gasteiger partial charge in [-0.3, -0.25) is 4.79 Å². The van der Waals surface area contributed by atoms with E-state index in [1.807, 2.05) is 6.92 Å². The van der Waals surface area contributed by atoms with E-state index >= 15 is 0 Å². The number of hydrogen-bond acceptors (Lipinski definition) is 4. The van der Waals surface area contributed by atoms with Gasteiger partial charge in [0.1, 0.15) is 6.54 Å². The van der Waals surface area contributed by atoms with Crippen molar-refractivity contribution in [3.05, 3.63) is 16.1 Å². The molecule has 0 unspecified atom stereocenters. The molecule has 1 heterocycles. The highest BCUT2D eigenvalue weighted by atomic mass is 32.1. The van der Waals surface area contributed by atoms with Gasteiger partial charge < -0.3 is 16.0 Å². The molecule has 24 heavy (non-hydrogen) atoms. The molecular formula is C14H20F3N5OS. The Kier molecular flexibility index (Phi) is 6.41. The lowest BCUT2D eigenvalue weighted by atomic mass is 10.4. The molecule has 1 saturated carbocycles. The summed E-state index contributed by atoms with van der Waals surface area (Å²) in [7, 11) is 0. The molecular weight excluding hydrogens is 343 g/mol. The van der Waals surface area contributed by atoms with Crippen LogP contribution in [-0.2, 0) is 17.4 Å². The predicted molar refractivity (Wildman–Crippen MR) is 86.0 cm³/mol. The topological polar surface area (TPSA) is 78.4 Å². The summed E-state index contributed by atoms with van der Waals surface area (Å²) in [6.45, 7) is 2.89. The zero-order chi connectivity index (χ0) is 17.6. The number of nitrogens with zero attached hydrogens (tertiary/aromatic N) is 2. The number of aromatic nitrogens is 1. The summed E-state index contributed by atoms with van der Waals surface area (Å²) >= 11 is 0.978. The van der Waals surface area contributed by atoms with Crippen molar-refractivity contribution in [3.8, 4) is 0 Å². The number of alkyl halides is 3. The molecule has 0 saturated heterocycles. The fourth-order valence-electron chi connectivity index (χ4n) is 1.84. The molecule has 1 aliphatic rings. The maximum absolute atomic E-state index is 12.5. The van der Waals surface area contributed by atoms with Crippen molar-refractivity contribution in [2.24, 2.45) is 4.99 Å². The van der Waals surface area contributed by atoms with E-state index in [1.54, 1.807) is 0 Å². The first-order valence-corrected chi connectivity index (χ1v) is 8.59. The first kappa shape index (κ1) is 18.5. The molecule has 6 nitrogen and oxygen atoms in total. The van der Waals surface area contributed by atoms with Crippen LogP contribution in [0.25, 0.3) is 0 Å².